The van der Waals surface area contributed by atoms with Crippen LogP contribution in [-0.4, -0.2) is 30.4 Å². The molecule has 0 saturated carbocycles. The van der Waals surface area contributed by atoms with Gasteiger partial charge in [0.1, 0.15) is 0 Å². The van der Waals surface area contributed by atoms with E-state index >= 15 is 0 Å². The van der Waals surface area contributed by atoms with Gasteiger partial charge in [0, 0.05) is 31.8 Å². The monoisotopic (exact) mass is 286 g/mol. The number of amides is 1. The highest BCUT2D eigenvalue weighted by atomic mass is 16.1. The zero-order chi connectivity index (χ0) is 15.2. The molecule has 1 aromatic carbocycles. The second kappa shape index (κ2) is 7.41. The zero-order valence-corrected chi connectivity index (χ0v) is 13.4. The van der Waals surface area contributed by atoms with E-state index in [1.165, 1.54) is 11.1 Å². The van der Waals surface area contributed by atoms with Gasteiger partial charge >= 0.3 is 0 Å². The zero-order valence-electron chi connectivity index (χ0n) is 13.4. The Morgan fingerprint density at radius 2 is 2.00 bits per heavy atom. The van der Waals surface area contributed by atoms with E-state index in [0.717, 1.165) is 38.2 Å². The smallest absolute Gasteiger partial charge is 0.246 e. The molecule has 1 aromatic rings. The average Bonchev–Trinajstić information content (AvgIpc) is 2.48. The van der Waals surface area contributed by atoms with Gasteiger partial charge in [-0.15, -0.1) is 0 Å². The summed E-state index contributed by atoms with van der Waals surface area (Å²) in [5.74, 6) is 0.606. The molecular formula is C18H26N2O. The number of nitrogens with one attached hydrogen (secondary N) is 1. The van der Waals surface area contributed by atoms with Gasteiger partial charge in [-0.1, -0.05) is 49.8 Å². The van der Waals surface area contributed by atoms with Crippen LogP contribution in [0.4, 0.5) is 0 Å². The van der Waals surface area contributed by atoms with E-state index in [4.69, 9.17) is 0 Å². The number of carbonyl (C=O) groups excluding carboxylic acids is 1. The number of rotatable bonds is 5. The lowest BCUT2D eigenvalue weighted by molar-refractivity contribution is -0.117. The van der Waals surface area contributed by atoms with Gasteiger partial charge in [0.05, 0.1) is 0 Å². The molecule has 0 spiro atoms. The van der Waals surface area contributed by atoms with Crippen molar-refractivity contribution in [2.24, 2.45) is 5.92 Å². The quantitative estimate of drug-likeness (QED) is 0.902. The standard InChI is InChI=1S/C18H26N2O/c1-14(2)12-19-18(21)17-8-10-20(11-9-17)13-16-6-4-15(3)5-7-16/h4-8,14H,9-13H2,1-3H3,(H,19,21). The van der Waals surface area contributed by atoms with E-state index in [0.29, 0.717) is 5.92 Å². The molecule has 0 saturated heterocycles. The Hall–Kier alpha value is -1.61. The minimum Gasteiger partial charge on any atom is -0.352 e. The van der Waals surface area contributed by atoms with Crippen molar-refractivity contribution in [3.05, 3.63) is 47.0 Å². The number of nitrogens with zero attached hydrogens (tertiary/aromatic N) is 1. The Kier molecular flexibility index (Phi) is 5.57. The lowest BCUT2D eigenvalue weighted by Gasteiger charge is -2.26. The molecule has 1 heterocycles. The molecule has 0 aromatic heterocycles. The molecule has 0 atom stereocenters. The first-order valence-corrected chi connectivity index (χ1v) is 7.79. The maximum atomic E-state index is 12.0. The lowest BCUT2D eigenvalue weighted by atomic mass is 10.1. The fourth-order valence-electron chi connectivity index (χ4n) is 2.42. The van der Waals surface area contributed by atoms with Crippen LogP contribution in [0.15, 0.2) is 35.9 Å². The van der Waals surface area contributed by atoms with Crippen LogP contribution in [0.1, 0.15) is 31.4 Å². The molecule has 1 N–H and O–H groups in total. The number of hydrogen-bond acceptors (Lipinski definition) is 2. The summed E-state index contributed by atoms with van der Waals surface area (Å²) < 4.78 is 0. The van der Waals surface area contributed by atoms with Crippen LogP contribution in [0.3, 0.4) is 0 Å². The maximum Gasteiger partial charge on any atom is 0.246 e. The van der Waals surface area contributed by atoms with E-state index in [-0.39, 0.29) is 5.91 Å². The summed E-state index contributed by atoms with van der Waals surface area (Å²) in [4.78, 5) is 14.4. The van der Waals surface area contributed by atoms with Crippen LogP contribution in [-0.2, 0) is 11.3 Å². The third-order valence-electron chi connectivity index (χ3n) is 3.78. The van der Waals surface area contributed by atoms with Crippen LogP contribution in [0, 0.1) is 12.8 Å². The summed E-state index contributed by atoms with van der Waals surface area (Å²) >= 11 is 0. The number of carbonyl (C=O) groups is 1. The van der Waals surface area contributed by atoms with E-state index in [1.54, 1.807) is 0 Å². The molecular weight excluding hydrogens is 260 g/mol. The third-order valence-corrected chi connectivity index (χ3v) is 3.78. The fourth-order valence-corrected chi connectivity index (χ4v) is 2.42. The number of aryl methyl sites for hydroxylation is 1. The summed E-state index contributed by atoms with van der Waals surface area (Å²) in [5, 5.41) is 3.00. The van der Waals surface area contributed by atoms with Gasteiger partial charge in [-0.2, -0.15) is 0 Å². The van der Waals surface area contributed by atoms with Crippen molar-refractivity contribution >= 4 is 5.91 Å². The molecule has 0 unspecified atom stereocenters. The molecule has 1 amide bonds. The van der Waals surface area contributed by atoms with Crippen molar-refractivity contribution in [1.29, 1.82) is 0 Å². The second-order valence-corrected chi connectivity index (χ2v) is 6.30. The molecule has 0 bridgehead atoms. The maximum absolute atomic E-state index is 12.0. The van der Waals surface area contributed by atoms with Gasteiger partial charge < -0.3 is 5.32 Å². The molecule has 0 radical (unpaired) electrons. The molecule has 1 aliphatic rings. The normalized spacial score (nSPS) is 15.9. The number of hydrogen-bond donors (Lipinski definition) is 1. The predicted octanol–water partition coefficient (Wildman–Crippen LogP) is 2.90. The summed E-state index contributed by atoms with van der Waals surface area (Å²) in [6, 6.07) is 8.67. The molecule has 0 fully saturated rings. The van der Waals surface area contributed by atoms with Crippen LogP contribution < -0.4 is 5.32 Å². The molecule has 21 heavy (non-hydrogen) atoms. The van der Waals surface area contributed by atoms with Gasteiger partial charge in [-0.05, 0) is 24.8 Å². The first-order valence-electron chi connectivity index (χ1n) is 7.79. The van der Waals surface area contributed by atoms with E-state index in [9.17, 15) is 4.79 Å². The van der Waals surface area contributed by atoms with Gasteiger partial charge in [0.2, 0.25) is 5.91 Å². The topological polar surface area (TPSA) is 32.3 Å². The van der Waals surface area contributed by atoms with Crippen molar-refractivity contribution in [2.75, 3.05) is 19.6 Å². The Bertz CT molecular complexity index is 502. The molecule has 2 rings (SSSR count). The van der Waals surface area contributed by atoms with E-state index in [2.05, 4.69) is 61.3 Å². The highest BCUT2D eigenvalue weighted by Crippen LogP contribution is 2.14. The van der Waals surface area contributed by atoms with E-state index in [1.807, 2.05) is 0 Å². The van der Waals surface area contributed by atoms with Crippen LogP contribution in [0.5, 0.6) is 0 Å². The first kappa shape index (κ1) is 15.8. The van der Waals surface area contributed by atoms with Crippen molar-refractivity contribution in [1.82, 2.24) is 10.2 Å². The molecule has 3 heteroatoms. The Balaban J connectivity index is 1.83. The predicted molar refractivity (Wildman–Crippen MR) is 87.0 cm³/mol. The molecule has 0 aliphatic carbocycles. The summed E-state index contributed by atoms with van der Waals surface area (Å²) in [5.41, 5.74) is 3.57. The van der Waals surface area contributed by atoms with Crippen molar-refractivity contribution in [3.8, 4) is 0 Å². The molecule has 3 nitrogen and oxygen atoms in total. The minimum atomic E-state index is 0.110. The Morgan fingerprint density at radius 1 is 1.29 bits per heavy atom. The average molecular weight is 286 g/mol. The largest absolute Gasteiger partial charge is 0.352 e. The van der Waals surface area contributed by atoms with Gasteiger partial charge in [-0.3, -0.25) is 9.69 Å². The highest BCUT2D eigenvalue weighted by Gasteiger charge is 2.16. The van der Waals surface area contributed by atoms with Crippen molar-refractivity contribution < 1.29 is 4.79 Å². The summed E-state index contributed by atoms with van der Waals surface area (Å²) in [7, 11) is 0. The third kappa shape index (κ3) is 5.01. The lowest BCUT2D eigenvalue weighted by Crippen LogP contribution is -2.34. The van der Waals surface area contributed by atoms with Crippen LogP contribution >= 0.6 is 0 Å². The van der Waals surface area contributed by atoms with Crippen molar-refractivity contribution in [2.45, 2.75) is 33.7 Å². The van der Waals surface area contributed by atoms with Gasteiger partial charge in [-0.25, -0.2) is 0 Å². The SMILES string of the molecule is Cc1ccc(CN2CC=C(C(=O)NCC(C)C)CC2)cc1. The summed E-state index contributed by atoms with van der Waals surface area (Å²) in [6.07, 6.45) is 2.92. The minimum absolute atomic E-state index is 0.110. The van der Waals surface area contributed by atoms with Gasteiger partial charge in [0.25, 0.3) is 0 Å². The highest BCUT2D eigenvalue weighted by molar-refractivity contribution is 5.93. The van der Waals surface area contributed by atoms with E-state index < -0.39 is 0 Å². The molecule has 114 valence electrons. The van der Waals surface area contributed by atoms with Crippen LogP contribution in [0.2, 0.25) is 0 Å². The molecule has 1 aliphatic heterocycles. The summed E-state index contributed by atoms with van der Waals surface area (Å²) in [6.45, 7) is 9.85. The fraction of sp³-hybridized carbons (Fsp3) is 0.500. The van der Waals surface area contributed by atoms with Crippen LogP contribution in [0.25, 0.3) is 0 Å². The first-order chi connectivity index (χ1) is 10.0. The van der Waals surface area contributed by atoms with Gasteiger partial charge in [0.15, 0.2) is 0 Å². The number of benzene rings is 1. The Labute approximate surface area is 128 Å². The Morgan fingerprint density at radius 3 is 2.57 bits per heavy atom. The second-order valence-electron chi connectivity index (χ2n) is 6.30. The van der Waals surface area contributed by atoms with Crippen molar-refractivity contribution in [3.63, 3.8) is 0 Å².